The molecule has 0 radical (unpaired) electrons. The monoisotopic (exact) mass is 691 g/mol. The van der Waals surface area contributed by atoms with Crippen molar-refractivity contribution in [3.63, 3.8) is 0 Å². The zero-order chi connectivity index (χ0) is 47.3. The highest BCUT2D eigenvalue weighted by atomic mass is 16.3. The van der Waals surface area contributed by atoms with Crippen molar-refractivity contribution in [3.05, 3.63) is 188 Å². The van der Waals surface area contributed by atoms with Gasteiger partial charge in [-0.25, -0.2) is 15.0 Å². The van der Waals surface area contributed by atoms with Crippen LogP contribution in [0.15, 0.2) is 192 Å². The molecule has 4 nitrogen and oxygen atoms in total. The van der Waals surface area contributed by atoms with Crippen molar-refractivity contribution < 1.29 is 23.6 Å². The van der Waals surface area contributed by atoms with E-state index >= 15 is 0 Å². The molecule has 10 rings (SSSR count). The Hall–Kier alpha value is -7.17. The third kappa shape index (κ3) is 5.63. The minimum Gasteiger partial charge on any atom is -0.456 e. The van der Waals surface area contributed by atoms with Crippen LogP contribution >= 0.6 is 0 Å². The summed E-state index contributed by atoms with van der Waals surface area (Å²) in [5, 5.41) is 1.69. The van der Waals surface area contributed by atoms with Gasteiger partial charge in [-0.1, -0.05) is 157 Å². The number of nitrogens with zero attached hydrogens (tertiary/aromatic N) is 3. The summed E-state index contributed by atoms with van der Waals surface area (Å²) in [4.78, 5) is 15.0. The van der Waals surface area contributed by atoms with Crippen LogP contribution < -0.4 is 0 Å². The van der Waals surface area contributed by atoms with Crippen molar-refractivity contribution in [2.24, 2.45) is 0 Å². The predicted molar refractivity (Wildman–Crippen MR) is 217 cm³/mol. The molecular formula is C49H31N3O. The van der Waals surface area contributed by atoms with Gasteiger partial charge in [0.15, 0.2) is 17.5 Å². The molecule has 0 amide bonds. The van der Waals surface area contributed by atoms with Crippen LogP contribution in [-0.2, 0) is 0 Å². The third-order valence-corrected chi connectivity index (χ3v) is 8.96. The van der Waals surface area contributed by atoms with Crippen molar-refractivity contribution in [2.75, 3.05) is 0 Å². The Labute approximate surface area is 326 Å². The van der Waals surface area contributed by atoms with Gasteiger partial charge < -0.3 is 4.42 Å². The lowest BCUT2D eigenvalue weighted by atomic mass is 9.98. The topological polar surface area (TPSA) is 51.8 Å². The molecule has 8 aromatic carbocycles. The molecule has 0 N–H and O–H groups in total. The normalized spacial score (nSPS) is 15.1. The average molecular weight is 692 g/mol. The van der Waals surface area contributed by atoms with Crippen LogP contribution in [0.4, 0.5) is 0 Å². The number of hydrogen-bond donors (Lipinski definition) is 0. The van der Waals surface area contributed by atoms with E-state index in [4.69, 9.17) is 35.8 Å². The van der Waals surface area contributed by atoms with Gasteiger partial charge in [-0.15, -0.1) is 0 Å². The van der Waals surface area contributed by atoms with E-state index in [9.17, 15) is 2.74 Å². The van der Waals surface area contributed by atoms with Gasteiger partial charge >= 0.3 is 0 Å². The Morgan fingerprint density at radius 1 is 0.396 bits per heavy atom. The van der Waals surface area contributed by atoms with Crippen LogP contribution in [0.3, 0.4) is 0 Å². The maximum absolute atomic E-state index is 9.34. The second-order valence-electron chi connectivity index (χ2n) is 12.1. The van der Waals surface area contributed by atoms with Crippen LogP contribution in [0.5, 0.6) is 0 Å². The molecule has 248 valence electrons. The summed E-state index contributed by atoms with van der Waals surface area (Å²) in [5.74, 6) is 0.369. The Morgan fingerprint density at radius 3 is 1.81 bits per heavy atom. The molecule has 10 aromatic rings. The lowest BCUT2D eigenvalue weighted by Crippen LogP contribution is -2.01. The molecule has 0 aliphatic heterocycles. The van der Waals surface area contributed by atoms with E-state index in [1.54, 1.807) is 30.3 Å². The first-order valence-corrected chi connectivity index (χ1v) is 16.6. The van der Waals surface area contributed by atoms with E-state index in [-0.39, 0.29) is 91.9 Å². The van der Waals surface area contributed by atoms with Crippen LogP contribution in [0.2, 0.25) is 0 Å². The molecule has 0 aliphatic carbocycles. The van der Waals surface area contributed by atoms with Crippen molar-refractivity contribution in [2.45, 2.75) is 0 Å². The zero-order valence-electron chi connectivity index (χ0n) is 41.6. The summed E-state index contributed by atoms with van der Waals surface area (Å²) in [6.07, 6.45) is 0. The zero-order valence-corrected chi connectivity index (χ0v) is 27.6. The second kappa shape index (κ2) is 12.9. The number of benzene rings is 8. The van der Waals surface area contributed by atoms with Gasteiger partial charge in [0.05, 0.1) is 19.2 Å². The first-order valence-electron chi connectivity index (χ1n) is 23.6. The minimum absolute atomic E-state index is 0.0127. The minimum atomic E-state index is -0.634. The summed E-state index contributed by atoms with van der Waals surface area (Å²) in [6, 6.07) is 23.9. The van der Waals surface area contributed by atoms with E-state index in [0.29, 0.717) is 22.1 Å². The molecule has 0 unspecified atom stereocenters. The Bertz CT molecular complexity index is 3710. The van der Waals surface area contributed by atoms with E-state index < -0.39 is 54.4 Å². The molecule has 2 heterocycles. The molecular weight excluding hydrogens is 647 g/mol. The molecule has 0 spiro atoms. The van der Waals surface area contributed by atoms with Crippen LogP contribution in [0, 0.1) is 0 Å². The number of aromatic nitrogens is 3. The smallest absolute Gasteiger partial charge is 0.164 e. The molecule has 2 aromatic heterocycles. The van der Waals surface area contributed by atoms with Gasteiger partial charge in [-0.05, 0) is 74.4 Å². The van der Waals surface area contributed by atoms with Crippen molar-refractivity contribution in [1.29, 1.82) is 0 Å². The molecule has 0 bridgehead atoms. The maximum Gasteiger partial charge on any atom is 0.164 e. The first-order chi connectivity index (χ1) is 32.0. The van der Waals surface area contributed by atoms with Crippen molar-refractivity contribution in [3.8, 4) is 67.5 Å². The standard InChI is InChI=1S/C49H31N3O/c1-4-13-32(14-5-1)36-25-23-34-24-26-38(30-39(34)29-36)47-50-48(41-20-11-10-19-40(41)35-17-8-3-9-18-35)52-49(51-47)43-21-12-22-44-46(43)42-28-27-37(31-45(42)53-44)33-15-6-2-7-16-33/h1-31H/i1D,2D,4D,5D,6D,7D,13D,14D,15D,16D,21D,22D,27D,31D. The fraction of sp³-hybridized carbons (Fsp3) is 0. The average Bonchev–Trinajstić information content (AvgIpc) is 3.72. The number of hydrogen-bond acceptors (Lipinski definition) is 4. The maximum atomic E-state index is 9.34. The molecule has 53 heavy (non-hydrogen) atoms. The highest BCUT2D eigenvalue weighted by Crippen LogP contribution is 2.39. The lowest BCUT2D eigenvalue weighted by Gasteiger charge is -2.13. The number of rotatable bonds is 6. The first kappa shape index (κ1) is 19.4. The Kier molecular flexibility index (Phi) is 4.72. The van der Waals surface area contributed by atoms with Crippen LogP contribution in [0.25, 0.3) is 100 Å². The van der Waals surface area contributed by atoms with Gasteiger partial charge in [-0.3, -0.25) is 0 Å². The molecule has 0 atom stereocenters. The SMILES string of the molecule is [2H]c1cc2c(oc3c([2H])cc([2H])c(-c4nc(-c5ccc6ccc(-c7c([2H])c([2H])c([2H])c([2H])c7[2H])cc6c5)nc(-c5ccccc5-c5ccccc5)n4)c32)c([2H])c1-c1c([2H])c([2H])c([2H])c([2H])c1[2H]. The molecule has 0 saturated carbocycles. The quantitative estimate of drug-likeness (QED) is 0.174. The Morgan fingerprint density at radius 2 is 1.04 bits per heavy atom. The van der Waals surface area contributed by atoms with Gasteiger partial charge in [-0.2, -0.15) is 0 Å². The second-order valence-corrected chi connectivity index (χ2v) is 12.1. The fourth-order valence-corrected chi connectivity index (χ4v) is 6.47. The highest BCUT2D eigenvalue weighted by Gasteiger charge is 2.20. The highest BCUT2D eigenvalue weighted by molar-refractivity contribution is 6.12. The van der Waals surface area contributed by atoms with Gasteiger partial charge in [0.1, 0.15) is 11.2 Å². The summed E-state index contributed by atoms with van der Waals surface area (Å²) in [6.45, 7) is 0. The van der Waals surface area contributed by atoms with E-state index in [1.165, 1.54) is 12.1 Å². The van der Waals surface area contributed by atoms with Gasteiger partial charge in [0.2, 0.25) is 0 Å². The summed E-state index contributed by atoms with van der Waals surface area (Å²) >= 11 is 0. The fourth-order valence-electron chi connectivity index (χ4n) is 6.47. The molecule has 4 heteroatoms. The van der Waals surface area contributed by atoms with E-state index in [1.807, 2.05) is 60.7 Å². The van der Waals surface area contributed by atoms with Crippen molar-refractivity contribution in [1.82, 2.24) is 15.0 Å². The van der Waals surface area contributed by atoms with Gasteiger partial charge in [0, 0.05) is 27.5 Å². The van der Waals surface area contributed by atoms with Crippen LogP contribution in [-0.4, -0.2) is 15.0 Å². The van der Waals surface area contributed by atoms with Gasteiger partial charge in [0.25, 0.3) is 0 Å². The number of furan rings is 1. The lowest BCUT2D eigenvalue weighted by molar-refractivity contribution is 0.669. The molecule has 0 aliphatic rings. The number of fused-ring (bicyclic) bond motifs is 4. The largest absolute Gasteiger partial charge is 0.456 e. The van der Waals surface area contributed by atoms with E-state index in [2.05, 4.69) is 0 Å². The predicted octanol–water partition coefficient (Wildman–Crippen LogP) is 12.9. The molecule has 0 saturated heterocycles. The Balaban J connectivity index is 1.24. The third-order valence-electron chi connectivity index (χ3n) is 8.96. The summed E-state index contributed by atoms with van der Waals surface area (Å²) < 4.78 is 126. The van der Waals surface area contributed by atoms with E-state index in [0.717, 1.165) is 16.5 Å². The summed E-state index contributed by atoms with van der Waals surface area (Å²) in [5.41, 5.74) is 2.47. The van der Waals surface area contributed by atoms with Crippen LogP contribution in [0.1, 0.15) is 19.2 Å². The molecule has 0 fully saturated rings. The summed E-state index contributed by atoms with van der Waals surface area (Å²) in [7, 11) is 0. The van der Waals surface area contributed by atoms with Crippen molar-refractivity contribution >= 4 is 32.7 Å².